The number of methoxy groups -OCH3 is 1. The molecule has 1 N–H and O–H groups in total. The molecule has 1 saturated heterocycles. The van der Waals surface area contributed by atoms with Crippen LogP contribution in [0.25, 0.3) is 0 Å². The molecule has 0 aromatic heterocycles. The van der Waals surface area contributed by atoms with Gasteiger partial charge in [-0.1, -0.05) is 30.3 Å². The molecule has 1 heterocycles. The third kappa shape index (κ3) is 7.04. The molecule has 2 rings (SSSR count). The zero-order valence-corrected chi connectivity index (χ0v) is 16.1. The molecule has 5 nitrogen and oxygen atoms in total. The van der Waals surface area contributed by atoms with Crippen molar-refractivity contribution in [1.82, 2.24) is 15.1 Å². The summed E-state index contributed by atoms with van der Waals surface area (Å²) in [5, 5.41) is 3.46. The number of benzene rings is 1. The molecular weight excluding hydrogens is 312 g/mol. The average Bonchev–Trinajstić information content (AvgIpc) is 3.08. The van der Waals surface area contributed by atoms with Gasteiger partial charge in [-0.2, -0.15) is 0 Å². The van der Waals surface area contributed by atoms with E-state index in [0.717, 1.165) is 64.2 Å². The highest BCUT2D eigenvalue weighted by atomic mass is 16.5. The van der Waals surface area contributed by atoms with Crippen LogP contribution in [0.3, 0.4) is 0 Å². The Morgan fingerprint density at radius 3 is 2.84 bits per heavy atom. The number of aliphatic imine (C=N–C) groups is 1. The van der Waals surface area contributed by atoms with Crippen molar-refractivity contribution in [2.75, 3.05) is 60.0 Å². The summed E-state index contributed by atoms with van der Waals surface area (Å²) < 4.78 is 5.12. The van der Waals surface area contributed by atoms with Crippen molar-refractivity contribution in [1.29, 1.82) is 0 Å². The van der Waals surface area contributed by atoms with Crippen molar-refractivity contribution >= 4 is 5.96 Å². The van der Waals surface area contributed by atoms with Gasteiger partial charge in [0.25, 0.3) is 0 Å². The number of ether oxygens (including phenoxy) is 1. The quantitative estimate of drug-likeness (QED) is 0.549. The van der Waals surface area contributed by atoms with Gasteiger partial charge >= 0.3 is 0 Å². The van der Waals surface area contributed by atoms with Crippen molar-refractivity contribution < 1.29 is 4.74 Å². The number of nitrogens with one attached hydrogen (secondary N) is 1. The maximum atomic E-state index is 5.12. The van der Waals surface area contributed by atoms with E-state index in [1.165, 1.54) is 12.0 Å². The standard InChI is InChI=1S/C20H34N4O/c1-4-21-20(22-11-13-23(2)14-15-25-3)24-12-10-19(17-24)16-18-8-6-5-7-9-18/h5-9,19H,4,10-17H2,1-3H3,(H,21,22). The summed E-state index contributed by atoms with van der Waals surface area (Å²) in [6.45, 7) is 8.75. The minimum atomic E-state index is 0.718. The normalized spacial score (nSPS) is 18.2. The Hall–Kier alpha value is -1.59. The molecular formula is C20H34N4O. The van der Waals surface area contributed by atoms with Crippen molar-refractivity contribution in [3.63, 3.8) is 0 Å². The van der Waals surface area contributed by atoms with Crippen LogP contribution in [-0.4, -0.2) is 75.8 Å². The molecule has 1 aliphatic rings. The lowest BCUT2D eigenvalue weighted by Crippen LogP contribution is -2.40. The molecule has 0 amide bonds. The van der Waals surface area contributed by atoms with E-state index >= 15 is 0 Å². The molecule has 1 aromatic rings. The predicted octanol–water partition coefficient (Wildman–Crippen LogP) is 2.09. The molecule has 1 aromatic carbocycles. The van der Waals surface area contributed by atoms with Gasteiger partial charge in [-0.05, 0) is 38.3 Å². The Kier molecular flexibility index (Phi) is 8.77. The first kappa shape index (κ1) is 19.7. The highest BCUT2D eigenvalue weighted by Crippen LogP contribution is 2.20. The summed E-state index contributed by atoms with van der Waals surface area (Å²) in [4.78, 5) is 9.52. The van der Waals surface area contributed by atoms with Crippen molar-refractivity contribution in [3.8, 4) is 0 Å². The van der Waals surface area contributed by atoms with Crippen molar-refractivity contribution in [2.24, 2.45) is 10.9 Å². The first-order chi connectivity index (χ1) is 12.2. The van der Waals surface area contributed by atoms with E-state index < -0.39 is 0 Å². The molecule has 1 fully saturated rings. The summed E-state index contributed by atoms with van der Waals surface area (Å²) in [6.07, 6.45) is 2.41. The number of guanidine groups is 1. The van der Waals surface area contributed by atoms with Crippen LogP contribution in [0, 0.1) is 5.92 Å². The number of likely N-dealkylation sites (tertiary alicyclic amines) is 1. The average molecular weight is 347 g/mol. The van der Waals surface area contributed by atoms with Crippen molar-refractivity contribution in [2.45, 2.75) is 19.8 Å². The molecule has 140 valence electrons. The van der Waals surface area contributed by atoms with Crippen LogP contribution < -0.4 is 5.32 Å². The molecule has 0 aliphatic carbocycles. The summed E-state index contributed by atoms with van der Waals surface area (Å²) in [7, 11) is 3.86. The van der Waals surface area contributed by atoms with Gasteiger partial charge in [0, 0.05) is 39.8 Å². The van der Waals surface area contributed by atoms with E-state index in [1.54, 1.807) is 7.11 Å². The van der Waals surface area contributed by atoms with Gasteiger partial charge in [0.2, 0.25) is 0 Å². The maximum absolute atomic E-state index is 5.12. The maximum Gasteiger partial charge on any atom is 0.193 e. The lowest BCUT2D eigenvalue weighted by Gasteiger charge is -2.22. The molecule has 1 atom stereocenters. The summed E-state index contributed by atoms with van der Waals surface area (Å²) >= 11 is 0. The van der Waals surface area contributed by atoms with Crippen LogP contribution in [0.5, 0.6) is 0 Å². The van der Waals surface area contributed by atoms with E-state index in [9.17, 15) is 0 Å². The Bertz CT molecular complexity index is 506. The number of nitrogens with zero attached hydrogens (tertiary/aromatic N) is 3. The highest BCUT2D eigenvalue weighted by molar-refractivity contribution is 5.80. The molecule has 0 spiro atoms. The van der Waals surface area contributed by atoms with Crippen LogP contribution in [0.15, 0.2) is 35.3 Å². The molecule has 25 heavy (non-hydrogen) atoms. The Morgan fingerprint density at radius 2 is 2.12 bits per heavy atom. The van der Waals surface area contributed by atoms with Gasteiger partial charge in [0.05, 0.1) is 13.2 Å². The van der Waals surface area contributed by atoms with Gasteiger partial charge < -0.3 is 19.9 Å². The van der Waals surface area contributed by atoms with Crippen LogP contribution in [0.2, 0.25) is 0 Å². The second kappa shape index (κ2) is 11.1. The van der Waals surface area contributed by atoms with Crippen molar-refractivity contribution in [3.05, 3.63) is 35.9 Å². The summed E-state index contributed by atoms with van der Waals surface area (Å²) in [6, 6.07) is 10.8. The zero-order valence-electron chi connectivity index (χ0n) is 16.1. The molecule has 0 radical (unpaired) electrons. The Balaban J connectivity index is 1.82. The predicted molar refractivity (Wildman–Crippen MR) is 105 cm³/mol. The number of likely N-dealkylation sites (N-methyl/N-ethyl adjacent to an activating group) is 1. The first-order valence-corrected chi connectivity index (χ1v) is 9.47. The molecule has 0 bridgehead atoms. The Morgan fingerprint density at radius 1 is 1.32 bits per heavy atom. The SMILES string of the molecule is CCNC(=NCCN(C)CCOC)N1CCC(Cc2ccccc2)C1. The fourth-order valence-electron chi connectivity index (χ4n) is 3.25. The van der Waals surface area contributed by atoms with Crippen LogP contribution in [0.4, 0.5) is 0 Å². The third-order valence-electron chi connectivity index (χ3n) is 4.71. The topological polar surface area (TPSA) is 40.1 Å². The van der Waals surface area contributed by atoms with E-state index in [0.29, 0.717) is 0 Å². The van der Waals surface area contributed by atoms with E-state index in [-0.39, 0.29) is 0 Å². The summed E-state index contributed by atoms with van der Waals surface area (Å²) in [5.41, 5.74) is 1.44. The van der Waals surface area contributed by atoms with Crippen LogP contribution >= 0.6 is 0 Å². The second-order valence-corrected chi connectivity index (χ2v) is 6.82. The van der Waals surface area contributed by atoms with E-state index in [4.69, 9.17) is 9.73 Å². The van der Waals surface area contributed by atoms with Gasteiger partial charge in [-0.25, -0.2) is 0 Å². The monoisotopic (exact) mass is 346 g/mol. The molecule has 0 saturated carbocycles. The van der Waals surface area contributed by atoms with Crippen LogP contribution in [-0.2, 0) is 11.2 Å². The Labute approximate surface area is 153 Å². The minimum absolute atomic E-state index is 0.718. The van der Waals surface area contributed by atoms with E-state index in [1.807, 2.05) is 0 Å². The molecule has 5 heteroatoms. The lowest BCUT2D eigenvalue weighted by atomic mass is 9.99. The smallest absolute Gasteiger partial charge is 0.193 e. The van der Waals surface area contributed by atoms with Crippen LogP contribution in [0.1, 0.15) is 18.9 Å². The van der Waals surface area contributed by atoms with Gasteiger partial charge in [-0.15, -0.1) is 0 Å². The van der Waals surface area contributed by atoms with Gasteiger partial charge in [-0.3, -0.25) is 4.99 Å². The fraction of sp³-hybridized carbons (Fsp3) is 0.650. The minimum Gasteiger partial charge on any atom is -0.383 e. The summed E-state index contributed by atoms with van der Waals surface area (Å²) in [5.74, 6) is 1.79. The number of hydrogen-bond acceptors (Lipinski definition) is 3. The lowest BCUT2D eigenvalue weighted by molar-refractivity contribution is 0.163. The zero-order chi connectivity index (χ0) is 17.9. The van der Waals surface area contributed by atoms with E-state index in [2.05, 4.69) is 59.4 Å². The molecule has 1 aliphatic heterocycles. The first-order valence-electron chi connectivity index (χ1n) is 9.47. The fourth-order valence-corrected chi connectivity index (χ4v) is 3.25. The number of hydrogen-bond donors (Lipinski definition) is 1. The number of rotatable bonds is 9. The highest BCUT2D eigenvalue weighted by Gasteiger charge is 2.24. The third-order valence-corrected chi connectivity index (χ3v) is 4.71. The molecule has 1 unspecified atom stereocenters. The largest absolute Gasteiger partial charge is 0.383 e. The van der Waals surface area contributed by atoms with Gasteiger partial charge in [0.1, 0.15) is 0 Å². The second-order valence-electron chi connectivity index (χ2n) is 6.82. The van der Waals surface area contributed by atoms with Gasteiger partial charge in [0.15, 0.2) is 5.96 Å².